The first kappa shape index (κ1) is 17.1. The SMILES string of the molecule is O=C(Cc1csc(N2CCCC2=O)n1)NCCc1nc2ccccc2s1. The molecule has 1 aromatic carbocycles. The number of nitrogens with one attached hydrogen (secondary N) is 1. The number of carbonyl (C=O) groups is 2. The number of aromatic nitrogens is 2. The molecule has 1 fully saturated rings. The van der Waals surface area contributed by atoms with E-state index in [0.29, 0.717) is 23.8 Å². The average molecular weight is 387 g/mol. The summed E-state index contributed by atoms with van der Waals surface area (Å²) in [7, 11) is 0. The van der Waals surface area contributed by atoms with Crippen LogP contribution in [0.3, 0.4) is 0 Å². The summed E-state index contributed by atoms with van der Waals surface area (Å²) in [6.07, 6.45) is 2.41. The highest BCUT2D eigenvalue weighted by molar-refractivity contribution is 7.18. The van der Waals surface area contributed by atoms with Gasteiger partial charge in [0.05, 0.1) is 27.3 Å². The number of fused-ring (bicyclic) bond motifs is 1. The third-order valence-electron chi connectivity index (χ3n) is 4.18. The molecule has 134 valence electrons. The molecule has 0 radical (unpaired) electrons. The summed E-state index contributed by atoms with van der Waals surface area (Å²) in [4.78, 5) is 34.6. The third kappa shape index (κ3) is 3.76. The molecule has 0 aliphatic carbocycles. The lowest BCUT2D eigenvalue weighted by atomic mass is 10.3. The molecule has 1 aliphatic heterocycles. The molecule has 2 aromatic heterocycles. The first-order chi connectivity index (χ1) is 12.7. The number of nitrogens with zero attached hydrogens (tertiary/aromatic N) is 3. The van der Waals surface area contributed by atoms with Crippen LogP contribution in [-0.2, 0) is 22.4 Å². The monoisotopic (exact) mass is 386 g/mol. The molecule has 3 aromatic rings. The van der Waals surface area contributed by atoms with Gasteiger partial charge in [-0.3, -0.25) is 14.5 Å². The number of amides is 2. The number of hydrogen-bond acceptors (Lipinski definition) is 6. The number of carbonyl (C=O) groups excluding carboxylic acids is 2. The van der Waals surface area contributed by atoms with Crippen molar-refractivity contribution in [2.24, 2.45) is 0 Å². The molecule has 3 heterocycles. The van der Waals surface area contributed by atoms with Crippen molar-refractivity contribution in [2.45, 2.75) is 25.7 Å². The Morgan fingerprint density at radius 2 is 2.15 bits per heavy atom. The maximum atomic E-state index is 12.1. The molecule has 2 amide bonds. The maximum Gasteiger partial charge on any atom is 0.228 e. The van der Waals surface area contributed by atoms with Crippen LogP contribution in [-0.4, -0.2) is 34.9 Å². The average Bonchev–Trinajstić information content (AvgIpc) is 3.33. The molecular weight excluding hydrogens is 368 g/mol. The van der Waals surface area contributed by atoms with E-state index in [9.17, 15) is 9.59 Å². The quantitative estimate of drug-likeness (QED) is 0.707. The van der Waals surface area contributed by atoms with Crippen molar-refractivity contribution in [3.8, 4) is 0 Å². The van der Waals surface area contributed by atoms with Gasteiger partial charge < -0.3 is 5.32 Å². The zero-order valence-electron chi connectivity index (χ0n) is 14.1. The van der Waals surface area contributed by atoms with Crippen LogP contribution in [0.5, 0.6) is 0 Å². The van der Waals surface area contributed by atoms with Gasteiger partial charge in [-0.2, -0.15) is 0 Å². The van der Waals surface area contributed by atoms with Crippen molar-refractivity contribution in [1.82, 2.24) is 15.3 Å². The number of benzene rings is 1. The normalized spacial score (nSPS) is 14.3. The van der Waals surface area contributed by atoms with Gasteiger partial charge in [-0.05, 0) is 18.6 Å². The number of para-hydroxylation sites is 1. The standard InChI is InChI=1S/C18H18N4O2S2/c23-15(10-12-11-25-18(20-12)22-9-3-6-17(22)24)19-8-7-16-21-13-4-1-2-5-14(13)26-16/h1-2,4-5,11H,3,6-10H2,(H,19,23). The topological polar surface area (TPSA) is 75.2 Å². The summed E-state index contributed by atoms with van der Waals surface area (Å²) in [5, 5.41) is 6.50. The van der Waals surface area contributed by atoms with Crippen LogP contribution in [0.1, 0.15) is 23.5 Å². The molecule has 0 bridgehead atoms. The molecular formula is C18H18N4O2S2. The van der Waals surface area contributed by atoms with Crippen molar-refractivity contribution in [2.75, 3.05) is 18.0 Å². The molecule has 1 aliphatic rings. The van der Waals surface area contributed by atoms with Crippen LogP contribution in [0.15, 0.2) is 29.6 Å². The largest absolute Gasteiger partial charge is 0.355 e. The predicted molar refractivity (Wildman–Crippen MR) is 104 cm³/mol. The molecule has 0 unspecified atom stereocenters. The van der Waals surface area contributed by atoms with E-state index in [1.807, 2.05) is 23.6 Å². The van der Waals surface area contributed by atoms with Gasteiger partial charge >= 0.3 is 0 Å². The molecule has 0 spiro atoms. The summed E-state index contributed by atoms with van der Waals surface area (Å²) in [5.41, 5.74) is 1.72. The van der Waals surface area contributed by atoms with E-state index in [2.05, 4.69) is 21.4 Å². The van der Waals surface area contributed by atoms with Crippen molar-refractivity contribution < 1.29 is 9.59 Å². The van der Waals surface area contributed by atoms with Crippen LogP contribution in [0.25, 0.3) is 10.2 Å². The summed E-state index contributed by atoms with van der Waals surface area (Å²) in [6.45, 7) is 1.28. The Kier molecular flexibility index (Phi) is 4.94. The second-order valence-electron chi connectivity index (χ2n) is 6.12. The number of rotatable bonds is 6. The minimum absolute atomic E-state index is 0.0595. The summed E-state index contributed by atoms with van der Waals surface area (Å²) in [6, 6.07) is 8.04. The van der Waals surface area contributed by atoms with Crippen LogP contribution in [0.2, 0.25) is 0 Å². The van der Waals surface area contributed by atoms with Crippen LogP contribution in [0.4, 0.5) is 5.13 Å². The van der Waals surface area contributed by atoms with Gasteiger partial charge in [-0.15, -0.1) is 22.7 Å². The number of thiazole rings is 2. The minimum atomic E-state index is -0.0595. The highest BCUT2D eigenvalue weighted by atomic mass is 32.1. The first-order valence-corrected chi connectivity index (χ1v) is 10.2. The predicted octanol–water partition coefficient (Wildman–Crippen LogP) is 2.78. The molecule has 4 rings (SSSR count). The highest BCUT2D eigenvalue weighted by Gasteiger charge is 2.24. The van der Waals surface area contributed by atoms with Gasteiger partial charge in [0.25, 0.3) is 0 Å². The van der Waals surface area contributed by atoms with E-state index < -0.39 is 0 Å². The Morgan fingerprint density at radius 3 is 2.96 bits per heavy atom. The fourth-order valence-corrected chi connectivity index (χ4v) is 4.75. The molecule has 0 atom stereocenters. The lowest BCUT2D eigenvalue weighted by molar-refractivity contribution is -0.120. The number of anilines is 1. The van der Waals surface area contributed by atoms with E-state index in [0.717, 1.165) is 29.9 Å². The Bertz CT molecular complexity index is 916. The summed E-state index contributed by atoms with van der Waals surface area (Å²) < 4.78 is 1.17. The Hall–Kier alpha value is -2.32. The zero-order chi connectivity index (χ0) is 17.9. The van der Waals surface area contributed by atoms with Gasteiger partial charge in [0.15, 0.2) is 5.13 Å². The van der Waals surface area contributed by atoms with Crippen LogP contribution >= 0.6 is 22.7 Å². The van der Waals surface area contributed by atoms with Crippen molar-refractivity contribution >= 4 is 49.8 Å². The van der Waals surface area contributed by atoms with Crippen molar-refractivity contribution in [3.05, 3.63) is 40.3 Å². The second kappa shape index (κ2) is 7.51. The highest BCUT2D eigenvalue weighted by Crippen LogP contribution is 2.25. The summed E-state index contributed by atoms with van der Waals surface area (Å²) in [5.74, 6) is 0.0573. The van der Waals surface area contributed by atoms with E-state index in [1.165, 1.54) is 16.0 Å². The van der Waals surface area contributed by atoms with Gasteiger partial charge in [0.2, 0.25) is 11.8 Å². The fraction of sp³-hybridized carbons (Fsp3) is 0.333. The summed E-state index contributed by atoms with van der Waals surface area (Å²) >= 11 is 3.08. The Labute approximate surface area is 158 Å². The maximum absolute atomic E-state index is 12.1. The minimum Gasteiger partial charge on any atom is -0.355 e. The Balaban J connectivity index is 1.27. The van der Waals surface area contributed by atoms with Gasteiger partial charge in [0, 0.05) is 31.3 Å². The van der Waals surface area contributed by atoms with E-state index in [4.69, 9.17) is 0 Å². The molecule has 1 saturated heterocycles. The second-order valence-corrected chi connectivity index (χ2v) is 8.07. The lowest BCUT2D eigenvalue weighted by Crippen LogP contribution is -2.27. The molecule has 1 N–H and O–H groups in total. The van der Waals surface area contributed by atoms with Crippen molar-refractivity contribution in [1.29, 1.82) is 0 Å². The van der Waals surface area contributed by atoms with E-state index in [-0.39, 0.29) is 18.2 Å². The van der Waals surface area contributed by atoms with E-state index >= 15 is 0 Å². The van der Waals surface area contributed by atoms with Crippen LogP contribution in [0, 0.1) is 0 Å². The smallest absolute Gasteiger partial charge is 0.228 e. The van der Waals surface area contributed by atoms with Crippen molar-refractivity contribution in [3.63, 3.8) is 0 Å². The van der Waals surface area contributed by atoms with Gasteiger partial charge in [-0.25, -0.2) is 9.97 Å². The van der Waals surface area contributed by atoms with Gasteiger partial charge in [-0.1, -0.05) is 12.1 Å². The molecule has 8 heteroatoms. The molecule has 26 heavy (non-hydrogen) atoms. The fourth-order valence-electron chi connectivity index (χ4n) is 2.91. The third-order valence-corrected chi connectivity index (χ3v) is 6.19. The zero-order valence-corrected chi connectivity index (χ0v) is 15.7. The number of hydrogen-bond donors (Lipinski definition) is 1. The van der Waals surface area contributed by atoms with Gasteiger partial charge in [0.1, 0.15) is 0 Å². The molecule has 6 nitrogen and oxygen atoms in total. The lowest BCUT2D eigenvalue weighted by Gasteiger charge is -2.10. The van der Waals surface area contributed by atoms with E-state index in [1.54, 1.807) is 16.2 Å². The Morgan fingerprint density at radius 1 is 1.27 bits per heavy atom. The van der Waals surface area contributed by atoms with Crippen LogP contribution < -0.4 is 10.2 Å². The molecule has 0 saturated carbocycles. The first-order valence-electron chi connectivity index (χ1n) is 8.55.